The van der Waals surface area contributed by atoms with Gasteiger partial charge in [-0.15, -0.1) is 0 Å². The Balaban J connectivity index is 1.64. The van der Waals surface area contributed by atoms with Gasteiger partial charge in [-0.1, -0.05) is 6.92 Å². The first-order chi connectivity index (χ1) is 13.9. The van der Waals surface area contributed by atoms with Gasteiger partial charge >= 0.3 is 0 Å². The van der Waals surface area contributed by atoms with Crippen molar-refractivity contribution in [2.24, 2.45) is 0 Å². The third-order valence-corrected chi connectivity index (χ3v) is 6.75. The van der Waals surface area contributed by atoms with Crippen molar-refractivity contribution in [1.29, 1.82) is 0 Å². The average Bonchev–Trinajstić information content (AvgIpc) is 2.68. The molecule has 3 heterocycles. The predicted octanol–water partition coefficient (Wildman–Crippen LogP) is 1.76. The molecule has 0 bridgehead atoms. The molecule has 29 heavy (non-hydrogen) atoms. The summed E-state index contributed by atoms with van der Waals surface area (Å²) in [5, 5.41) is 3.00. The number of aromatic nitrogens is 6. The summed E-state index contributed by atoms with van der Waals surface area (Å²) in [6, 6.07) is 0.0503. The molecule has 3 aromatic rings. The number of halogens is 1. The van der Waals surface area contributed by atoms with Crippen LogP contribution in [0, 0.1) is 0 Å². The molecule has 10 nitrogen and oxygen atoms in total. The maximum Gasteiger partial charge on any atom is 0.295 e. The summed E-state index contributed by atoms with van der Waals surface area (Å²) >= 11 is 5.90. The van der Waals surface area contributed by atoms with Crippen LogP contribution in [-0.4, -0.2) is 43.7 Å². The Morgan fingerprint density at radius 2 is 1.90 bits per heavy atom. The van der Waals surface area contributed by atoms with Crippen LogP contribution in [0.1, 0.15) is 38.1 Å². The van der Waals surface area contributed by atoms with Gasteiger partial charge < -0.3 is 5.32 Å². The fraction of sp³-hybridized carbons (Fsp3) is 0.412. The minimum Gasteiger partial charge on any atom is -0.358 e. The summed E-state index contributed by atoms with van der Waals surface area (Å²) in [6.07, 6.45) is 6.82. The van der Waals surface area contributed by atoms with Crippen molar-refractivity contribution in [2.45, 2.75) is 43.7 Å². The number of sulfone groups is 1. The van der Waals surface area contributed by atoms with Crippen molar-refractivity contribution < 1.29 is 8.42 Å². The van der Waals surface area contributed by atoms with Crippen LogP contribution >= 0.6 is 11.6 Å². The Labute approximate surface area is 171 Å². The second-order valence-corrected chi connectivity index (χ2v) is 9.28. The molecule has 12 heteroatoms. The molecule has 0 aromatic carbocycles. The van der Waals surface area contributed by atoms with Crippen LogP contribution < -0.4 is 10.9 Å². The van der Waals surface area contributed by atoms with Gasteiger partial charge in [-0.3, -0.25) is 9.36 Å². The molecular formula is C17H18ClN7O3S. The number of fused-ring (bicyclic) bond motifs is 1. The minimum absolute atomic E-state index is 0.0260. The van der Waals surface area contributed by atoms with Gasteiger partial charge in [0.15, 0.2) is 21.3 Å². The fourth-order valence-corrected chi connectivity index (χ4v) is 3.89. The summed E-state index contributed by atoms with van der Waals surface area (Å²) < 4.78 is 25.3. The molecule has 1 fully saturated rings. The number of nitrogens with zero attached hydrogens (tertiary/aromatic N) is 6. The topological polar surface area (TPSA) is 133 Å². The van der Waals surface area contributed by atoms with Gasteiger partial charge in [0.05, 0.1) is 18.5 Å². The molecule has 0 radical (unpaired) electrons. The van der Waals surface area contributed by atoms with E-state index < -0.39 is 9.84 Å². The number of nitrogens with one attached hydrogen (secondary N) is 1. The Hall–Kier alpha value is -2.66. The fourth-order valence-electron chi connectivity index (χ4n) is 3.00. The standard InChI is InChI=1S/C17H18ClN7O3S/c1-2-29(27,28)11-6-19-13(20-7-11)9-21-14-16(26)25(10-4-3-5-10)15-12(23-14)8-22-17(18)24-15/h6-8,10H,2-5,9H2,1H3,(H,21,23). The van der Waals surface area contributed by atoms with Crippen LogP contribution in [0.4, 0.5) is 5.82 Å². The molecule has 1 aliphatic carbocycles. The SMILES string of the molecule is CCS(=O)(=O)c1cnc(CNc2nc3cnc(Cl)nc3n(C3CCC3)c2=O)nc1. The molecule has 0 unspecified atom stereocenters. The summed E-state index contributed by atoms with van der Waals surface area (Å²) in [4.78, 5) is 33.6. The molecule has 3 aromatic heterocycles. The van der Waals surface area contributed by atoms with Gasteiger partial charge in [-0.2, -0.15) is 4.98 Å². The molecule has 0 saturated heterocycles. The molecule has 0 atom stereocenters. The van der Waals surface area contributed by atoms with E-state index in [1.165, 1.54) is 18.6 Å². The molecule has 1 aliphatic rings. The normalized spacial score (nSPS) is 14.7. The van der Waals surface area contributed by atoms with Crippen molar-refractivity contribution in [3.8, 4) is 0 Å². The van der Waals surface area contributed by atoms with Crippen LogP contribution in [0.5, 0.6) is 0 Å². The van der Waals surface area contributed by atoms with Gasteiger partial charge in [0, 0.05) is 18.4 Å². The average molecular weight is 436 g/mol. The van der Waals surface area contributed by atoms with Gasteiger partial charge in [-0.05, 0) is 30.9 Å². The van der Waals surface area contributed by atoms with Crippen LogP contribution in [0.15, 0.2) is 28.3 Å². The zero-order valence-corrected chi connectivity index (χ0v) is 17.1. The van der Waals surface area contributed by atoms with Crippen molar-refractivity contribution >= 4 is 38.4 Å². The van der Waals surface area contributed by atoms with E-state index in [4.69, 9.17) is 11.6 Å². The van der Waals surface area contributed by atoms with E-state index in [9.17, 15) is 13.2 Å². The van der Waals surface area contributed by atoms with E-state index in [2.05, 4.69) is 30.2 Å². The maximum absolute atomic E-state index is 13.0. The van der Waals surface area contributed by atoms with E-state index in [-0.39, 0.29) is 39.9 Å². The van der Waals surface area contributed by atoms with E-state index in [0.717, 1.165) is 19.3 Å². The van der Waals surface area contributed by atoms with Crippen LogP contribution in [-0.2, 0) is 16.4 Å². The highest BCUT2D eigenvalue weighted by molar-refractivity contribution is 7.91. The molecule has 1 saturated carbocycles. The zero-order chi connectivity index (χ0) is 20.6. The van der Waals surface area contributed by atoms with Crippen LogP contribution in [0.3, 0.4) is 0 Å². The summed E-state index contributed by atoms with van der Waals surface area (Å²) in [5.41, 5.74) is 0.562. The number of hydrogen-bond acceptors (Lipinski definition) is 9. The molecule has 152 valence electrons. The first-order valence-electron chi connectivity index (χ1n) is 9.11. The Kier molecular flexibility index (Phi) is 5.17. The molecule has 0 spiro atoms. The van der Waals surface area contributed by atoms with Gasteiger partial charge in [-0.25, -0.2) is 28.4 Å². The number of hydrogen-bond donors (Lipinski definition) is 1. The Morgan fingerprint density at radius 1 is 1.17 bits per heavy atom. The van der Waals surface area contributed by atoms with E-state index in [1.807, 2.05) is 0 Å². The van der Waals surface area contributed by atoms with Crippen molar-refractivity contribution in [3.05, 3.63) is 40.1 Å². The summed E-state index contributed by atoms with van der Waals surface area (Å²) in [6.45, 7) is 1.67. The maximum atomic E-state index is 13.0. The van der Waals surface area contributed by atoms with Gasteiger partial charge in [0.1, 0.15) is 16.2 Å². The molecule has 0 amide bonds. The largest absolute Gasteiger partial charge is 0.358 e. The lowest BCUT2D eigenvalue weighted by Crippen LogP contribution is -2.32. The lowest BCUT2D eigenvalue weighted by atomic mass is 9.93. The highest BCUT2D eigenvalue weighted by atomic mass is 35.5. The van der Waals surface area contributed by atoms with Gasteiger partial charge in [0.25, 0.3) is 5.56 Å². The quantitative estimate of drug-likeness (QED) is 0.575. The summed E-state index contributed by atoms with van der Waals surface area (Å²) in [5.74, 6) is 0.440. The van der Waals surface area contributed by atoms with Gasteiger partial charge in [0.2, 0.25) is 5.28 Å². The highest BCUT2D eigenvalue weighted by Crippen LogP contribution is 2.32. The predicted molar refractivity (Wildman–Crippen MR) is 107 cm³/mol. The molecule has 0 aliphatic heterocycles. The molecule has 4 rings (SSSR count). The third-order valence-electron chi connectivity index (χ3n) is 4.88. The van der Waals surface area contributed by atoms with Crippen molar-refractivity contribution in [3.63, 3.8) is 0 Å². The zero-order valence-electron chi connectivity index (χ0n) is 15.5. The number of anilines is 1. The Bertz CT molecular complexity index is 1220. The highest BCUT2D eigenvalue weighted by Gasteiger charge is 2.25. The first-order valence-corrected chi connectivity index (χ1v) is 11.1. The lowest BCUT2D eigenvalue weighted by molar-refractivity contribution is 0.313. The monoisotopic (exact) mass is 435 g/mol. The number of rotatable bonds is 6. The first kappa shape index (κ1) is 19.6. The second-order valence-electron chi connectivity index (χ2n) is 6.66. The third kappa shape index (κ3) is 3.79. The second kappa shape index (κ2) is 7.64. The minimum atomic E-state index is -3.36. The smallest absolute Gasteiger partial charge is 0.295 e. The van der Waals surface area contributed by atoms with Crippen LogP contribution in [0.2, 0.25) is 5.28 Å². The van der Waals surface area contributed by atoms with E-state index in [0.29, 0.717) is 17.0 Å². The van der Waals surface area contributed by atoms with Crippen molar-refractivity contribution in [2.75, 3.05) is 11.1 Å². The molecular weight excluding hydrogens is 418 g/mol. The van der Waals surface area contributed by atoms with Crippen molar-refractivity contribution in [1.82, 2.24) is 29.5 Å². The Morgan fingerprint density at radius 3 is 2.52 bits per heavy atom. The lowest BCUT2D eigenvalue weighted by Gasteiger charge is -2.28. The van der Waals surface area contributed by atoms with E-state index in [1.54, 1.807) is 11.5 Å². The van der Waals surface area contributed by atoms with E-state index >= 15 is 0 Å². The summed E-state index contributed by atoms with van der Waals surface area (Å²) in [7, 11) is -3.36. The molecule has 1 N–H and O–H groups in total. The van der Waals surface area contributed by atoms with Crippen LogP contribution in [0.25, 0.3) is 11.2 Å².